The fraction of sp³-hybridized carbons (Fsp3) is 0.364. The average molecular weight is 255 g/mol. The molecule has 0 N–H and O–H groups in total. The Morgan fingerprint density at radius 1 is 0.882 bits per heavy atom. The number of benzene rings is 1. The Balaban J connectivity index is 3.43. The lowest BCUT2D eigenvalue weighted by molar-refractivity contribution is -0.144. The molecule has 6 heteroatoms. The normalized spacial score (nSPS) is 12.9. The number of hydrogen-bond donors (Lipinski definition) is 0. The van der Waals surface area contributed by atoms with E-state index in [4.69, 9.17) is 0 Å². The molecule has 0 heterocycles. The summed E-state index contributed by atoms with van der Waals surface area (Å²) in [6.45, 7) is 3.29. The first-order valence-corrected chi connectivity index (χ1v) is 4.73. The number of rotatable bonds is 2. The van der Waals surface area contributed by atoms with Gasteiger partial charge in [-0.05, 0) is 30.5 Å². The van der Waals surface area contributed by atoms with Crippen LogP contribution in [0, 0.1) is 6.92 Å². The van der Waals surface area contributed by atoms with Gasteiger partial charge in [0, 0.05) is 0 Å². The number of alkyl halides is 6. The molecule has 17 heavy (non-hydrogen) atoms. The Bertz CT molecular complexity index is 356. The molecule has 0 saturated heterocycles. The van der Waals surface area contributed by atoms with Crippen LogP contribution in [0.2, 0.25) is 0 Å². The van der Waals surface area contributed by atoms with Gasteiger partial charge >= 0.3 is 12.4 Å². The van der Waals surface area contributed by atoms with Gasteiger partial charge in [-0.3, -0.25) is 0 Å². The fourth-order valence-corrected chi connectivity index (χ4v) is 1.56. The third-order valence-corrected chi connectivity index (χ3v) is 2.21. The quantitative estimate of drug-likeness (QED) is 0.683. The van der Waals surface area contributed by atoms with Gasteiger partial charge in [-0.15, -0.1) is 0 Å². The van der Waals surface area contributed by atoms with Crippen LogP contribution in [0.3, 0.4) is 0 Å². The van der Waals surface area contributed by atoms with Crippen LogP contribution in [-0.2, 0) is 18.8 Å². The summed E-state index contributed by atoms with van der Waals surface area (Å²) < 4.78 is 75.3. The van der Waals surface area contributed by atoms with E-state index in [2.05, 4.69) is 6.92 Å². The maximum atomic E-state index is 12.6. The van der Waals surface area contributed by atoms with Crippen molar-refractivity contribution in [3.63, 3.8) is 0 Å². The summed E-state index contributed by atoms with van der Waals surface area (Å²) >= 11 is 0. The maximum absolute atomic E-state index is 12.6. The Kier molecular flexibility index (Phi) is 3.74. The third kappa shape index (κ3) is 3.14. The highest BCUT2D eigenvalue weighted by atomic mass is 19.4. The molecule has 1 rings (SSSR count). The number of hydrogen-bond acceptors (Lipinski definition) is 0. The third-order valence-electron chi connectivity index (χ3n) is 2.21. The van der Waals surface area contributed by atoms with E-state index in [-0.39, 0.29) is 12.8 Å². The monoisotopic (exact) mass is 255 g/mol. The molecule has 0 spiro atoms. The topological polar surface area (TPSA) is 0 Å². The van der Waals surface area contributed by atoms with E-state index in [0.717, 1.165) is 6.07 Å². The molecule has 95 valence electrons. The molecule has 0 fully saturated rings. The van der Waals surface area contributed by atoms with Gasteiger partial charge in [0.2, 0.25) is 0 Å². The molecule has 1 aromatic carbocycles. The van der Waals surface area contributed by atoms with Gasteiger partial charge in [0.15, 0.2) is 0 Å². The molecule has 0 bridgehead atoms. The van der Waals surface area contributed by atoms with Crippen LogP contribution in [0.1, 0.15) is 23.1 Å². The zero-order chi connectivity index (χ0) is 13.3. The van der Waals surface area contributed by atoms with Crippen molar-refractivity contribution in [2.24, 2.45) is 0 Å². The van der Waals surface area contributed by atoms with E-state index in [9.17, 15) is 26.3 Å². The van der Waals surface area contributed by atoms with Crippen molar-refractivity contribution in [2.75, 3.05) is 0 Å². The Morgan fingerprint density at radius 2 is 1.29 bits per heavy atom. The van der Waals surface area contributed by atoms with Gasteiger partial charge in [0.05, 0.1) is 11.1 Å². The molecular weight excluding hydrogens is 246 g/mol. The van der Waals surface area contributed by atoms with Gasteiger partial charge < -0.3 is 0 Å². The summed E-state index contributed by atoms with van der Waals surface area (Å²) in [6, 6.07) is 2.07. The van der Waals surface area contributed by atoms with E-state index in [1.165, 1.54) is 0 Å². The molecule has 0 nitrogen and oxygen atoms in total. The highest BCUT2D eigenvalue weighted by Crippen LogP contribution is 2.39. The second-order valence-electron chi connectivity index (χ2n) is 3.43. The smallest absolute Gasteiger partial charge is 0.166 e. The molecule has 0 aliphatic rings. The van der Waals surface area contributed by atoms with E-state index < -0.39 is 29.0 Å². The molecule has 0 atom stereocenters. The summed E-state index contributed by atoms with van der Waals surface area (Å²) in [5.41, 5.74) is -3.21. The van der Waals surface area contributed by atoms with E-state index >= 15 is 0 Å². The zero-order valence-electron chi connectivity index (χ0n) is 8.62. The van der Waals surface area contributed by atoms with Crippen molar-refractivity contribution in [1.82, 2.24) is 0 Å². The average Bonchev–Trinajstić information content (AvgIpc) is 2.15. The lowest BCUT2D eigenvalue weighted by Gasteiger charge is -2.18. The first kappa shape index (κ1) is 13.9. The minimum atomic E-state index is -4.79. The van der Waals surface area contributed by atoms with Gasteiger partial charge in [-0.1, -0.05) is 13.0 Å². The fourth-order valence-electron chi connectivity index (χ4n) is 1.56. The first-order chi connectivity index (χ1) is 7.68. The van der Waals surface area contributed by atoms with Crippen LogP contribution in [-0.4, -0.2) is 0 Å². The molecule has 0 aliphatic carbocycles. The van der Waals surface area contributed by atoms with Crippen LogP contribution >= 0.6 is 0 Å². The summed E-state index contributed by atoms with van der Waals surface area (Å²) in [5.74, 6) is 0. The molecule has 0 saturated carbocycles. The highest BCUT2D eigenvalue weighted by molar-refractivity contribution is 5.39. The van der Waals surface area contributed by atoms with E-state index in [1.54, 1.807) is 0 Å². The zero-order valence-corrected chi connectivity index (χ0v) is 8.62. The van der Waals surface area contributed by atoms with Crippen molar-refractivity contribution < 1.29 is 26.3 Å². The maximum Gasteiger partial charge on any atom is 0.416 e. The van der Waals surface area contributed by atoms with Crippen molar-refractivity contribution >= 4 is 0 Å². The Hall–Kier alpha value is -1.20. The van der Waals surface area contributed by atoms with Crippen LogP contribution in [0.5, 0.6) is 0 Å². The van der Waals surface area contributed by atoms with Crippen LogP contribution in [0.15, 0.2) is 18.2 Å². The van der Waals surface area contributed by atoms with Gasteiger partial charge in [0.25, 0.3) is 0 Å². The van der Waals surface area contributed by atoms with Gasteiger partial charge in [0.1, 0.15) is 0 Å². The lowest BCUT2D eigenvalue weighted by atomic mass is 9.96. The minimum absolute atomic E-state index is 0.0316. The SMILES string of the molecule is [CH2]CCc1c(C(F)(F)F)cccc1C(F)(F)F. The standard InChI is InChI=1S/C11H9F6/c1-2-4-7-8(10(12,13)14)5-3-6-9(7)11(15,16)17/h3,5-6H,1-2,4H2. The molecule has 0 aromatic heterocycles. The van der Waals surface area contributed by atoms with Crippen LogP contribution < -0.4 is 0 Å². The van der Waals surface area contributed by atoms with E-state index in [1.807, 2.05) is 0 Å². The Labute approximate surface area is 94.2 Å². The molecule has 0 unspecified atom stereocenters. The first-order valence-electron chi connectivity index (χ1n) is 4.73. The number of halogens is 6. The minimum Gasteiger partial charge on any atom is -0.166 e. The van der Waals surface area contributed by atoms with Crippen molar-refractivity contribution in [2.45, 2.75) is 25.2 Å². The van der Waals surface area contributed by atoms with E-state index in [0.29, 0.717) is 12.1 Å². The predicted octanol–water partition coefficient (Wildman–Crippen LogP) is 4.49. The largest absolute Gasteiger partial charge is 0.416 e. The van der Waals surface area contributed by atoms with Gasteiger partial charge in [-0.2, -0.15) is 26.3 Å². The summed E-state index contributed by atoms with van der Waals surface area (Å²) in [5, 5.41) is 0. The van der Waals surface area contributed by atoms with Gasteiger partial charge in [-0.25, -0.2) is 0 Å². The summed E-state index contributed by atoms with van der Waals surface area (Å²) in [7, 11) is 0. The van der Waals surface area contributed by atoms with Crippen molar-refractivity contribution in [1.29, 1.82) is 0 Å². The lowest BCUT2D eigenvalue weighted by Crippen LogP contribution is -2.16. The molecular formula is C11H9F6. The molecule has 1 aromatic rings. The summed E-state index contributed by atoms with van der Waals surface area (Å²) in [4.78, 5) is 0. The van der Waals surface area contributed by atoms with Crippen molar-refractivity contribution in [3.8, 4) is 0 Å². The molecule has 0 aliphatic heterocycles. The molecule has 0 amide bonds. The highest BCUT2D eigenvalue weighted by Gasteiger charge is 2.39. The summed E-state index contributed by atoms with van der Waals surface area (Å²) in [6.07, 6.45) is -9.96. The second-order valence-corrected chi connectivity index (χ2v) is 3.43. The van der Waals surface area contributed by atoms with Crippen LogP contribution in [0.4, 0.5) is 26.3 Å². The van der Waals surface area contributed by atoms with Crippen LogP contribution in [0.25, 0.3) is 0 Å². The Morgan fingerprint density at radius 3 is 1.59 bits per heavy atom. The second kappa shape index (κ2) is 4.58. The van der Waals surface area contributed by atoms with Crippen molar-refractivity contribution in [3.05, 3.63) is 41.8 Å². The predicted molar refractivity (Wildman–Crippen MR) is 50.1 cm³/mol. The molecule has 1 radical (unpaired) electrons.